The maximum absolute atomic E-state index is 12.8. The van der Waals surface area contributed by atoms with Gasteiger partial charge in [0.15, 0.2) is 0 Å². The van der Waals surface area contributed by atoms with Crippen molar-refractivity contribution in [2.45, 2.75) is 53.3 Å². The van der Waals surface area contributed by atoms with Crippen molar-refractivity contribution in [2.75, 3.05) is 23.4 Å². The monoisotopic (exact) mass is 452 g/mol. The number of carbonyl (C=O) groups is 2. The largest absolute Gasteiger partial charge is 0.462 e. The van der Waals surface area contributed by atoms with Crippen molar-refractivity contribution in [3.05, 3.63) is 53.9 Å². The van der Waals surface area contributed by atoms with Crippen LogP contribution in [-0.4, -0.2) is 45.7 Å². The topological polar surface area (TPSA) is 96.7 Å². The quantitative estimate of drug-likeness (QED) is 0.474. The second kappa shape index (κ2) is 10.5. The Morgan fingerprint density at radius 1 is 1.12 bits per heavy atom. The summed E-state index contributed by atoms with van der Waals surface area (Å²) in [5.74, 6) is -0.325. The summed E-state index contributed by atoms with van der Waals surface area (Å²) in [5.41, 5.74) is 3.33. The number of esters is 1. The Morgan fingerprint density at radius 2 is 1.82 bits per heavy atom. The van der Waals surface area contributed by atoms with E-state index in [0.717, 1.165) is 12.2 Å². The molecule has 1 unspecified atom stereocenters. The molecule has 2 N–H and O–H groups in total. The van der Waals surface area contributed by atoms with Gasteiger partial charge in [-0.1, -0.05) is 0 Å². The minimum Gasteiger partial charge on any atom is -0.462 e. The first-order chi connectivity index (χ1) is 15.7. The highest BCUT2D eigenvalue weighted by molar-refractivity contribution is 5.95. The van der Waals surface area contributed by atoms with Gasteiger partial charge in [-0.15, -0.1) is 0 Å². The Kier molecular flexibility index (Phi) is 7.71. The fourth-order valence-corrected chi connectivity index (χ4v) is 3.90. The number of hydrogen-bond acceptors (Lipinski definition) is 6. The van der Waals surface area contributed by atoms with E-state index < -0.39 is 12.1 Å². The highest BCUT2D eigenvalue weighted by Crippen LogP contribution is 2.23. The molecule has 8 heteroatoms. The number of fused-ring (bicyclic) bond motifs is 1. The highest BCUT2D eigenvalue weighted by atomic mass is 16.5. The Balaban J connectivity index is 1.81. The van der Waals surface area contributed by atoms with Crippen LogP contribution in [0.4, 0.5) is 11.4 Å². The Bertz CT molecular complexity index is 1120. The predicted molar refractivity (Wildman–Crippen MR) is 130 cm³/mol. The lowest BCUT2D eigenvalue weighted by Crippen LogP contribution is -2.30. The standard InChI is InChI=1S/C25H32N4O4/c1-6-28(16(3)4)20-11-9-19(10-12-20)26-23(31)15-29-22-13-8-18(25(32)33-7-2)14-21(22)27-24(29)17(5)30/h8-14,16-17,30H,6-7,15H2,1-5H3,(H,26,31). The number of amides is 1. The number of imidazole rings is 1. The lowest BCUT2D eigenvalue weighted by atomic mass is 10.2. The number of nitrogens with one attached hydrogen (secondary N) is 1. The van der Waals surface area contributed by atoms with E-state index >= 15 is 0 Å². The zero-order valence-corrected chi connectivity index (χ0v) is 19.8. The third-order valence-corrected chi connectivity index (χ3v) is 5.41. The first kappa shape index (κ1) is 24.3. The van der Waals surface area contributed by atoms with Crippen molar-refractivity contribution in [2.24, 2.45) is 0 Å². The van der Waals surface area contributed by atoms with Gasteiger partial charge in [-0.3, -0.25) is 4.79 Å². The molecule has 1 amide bonds. The van der Waals surface area contributed by atoms with E-state index in [0.29, 0.717) is 34.2 Å². The summed E-state index contributed by atoms with van der Waals surface area (Å²) in [6, 6.07) is 13.1. The minimum absolute atomic E-state index is 0.0235. The second-order valence-electron chi connectivity index (χ2n) is 8.13. The van der Waals surface area contributed by atoms with E-state index in [-0.39, 0.29) is 19.1 Å². The van der Waals surface area contributed by atoms with Crippen molar-refractivity contribution in [3.8, 4) is 0 Å². The van der Waals surface area contributed by atoms with E-state index in [9.17, 15) is 14.7 Å². The van der Waals surface area contributed by atoms with Crippen LogP contribution in [0, 0.1) is 0 Å². The molecule has 0 bridgehead atoms. The predicted octanol–water partition coefficient (Wildman–Crippen LogP) is 4.14. The normalized spacial score (nSPS) is 12.1. The van der Waals surface area contributed by atoms with Crippen LogP contribution in [0.2, 0.25) is 0 Å². The van der Waals surface area contributed by atoms with Gasteiger partial charge in [0.1, 0.15) is 18.5 Å². The molecule has 176 valence electrons. The van der Waals surface area contributed by atoms with Crippen LogP contribution in [0.1, 0.15) is 56.9 Å². The molecule has 2 aromatic carbocycles. The highest BCUT2D eigenvalue weighted by Gasteiger charge is 2.19. The maximum atomic E-state index is 12.8. The molecule has 8 nitrogen and oxygen atoms in total. The van der Waals surface area contributed by atoms with Crippen LogP contribution >= 0.6 is 0 Å². The summed E-state index contributed by atoms with van der Waals surface area (Å²) < 4.78 is 6.71. The van der Waals surface area contributed by atoms with E-state index in [1.807, 2.05) is 24.3 Å². The van der Waals surface area contributed by atoms with Crippen LogP contribution in [0.15, 0.2) is 42.5 Å². The molecule has 0 saturated heterocycles. The molecule has 1 aromatic heterocycles. The number of aliphatic hydroxyl groups excluding tert-OH is 1. The molecule has 0 saturated carbocycles. The van der Waals surface area contributed by atoms with Gasteiger partial charge in [0.05, 0.1) is 23.2 Å². The molecular formula is C25H32N4O4. The zero-order valence-electron chi connectivity index (χ0n) is 19.8. The number of rotatable bonds is 9. The molecule has 0 aliphatic carbocycles. The third-order valence-electron chi connectivity index (χ3n) is 5.41. The number of aromatic nitrogens is 2. The fourth-order valence-electron chi connectivity index (χ4n) is 3.90. The van der Waals surface area contributed by atoms with Crippen LogP contribution < -0.4 is 10.2 Å². The van der Waals surface area contributed by atoms with E-state index in [1.54, 1.807) is 36.6 Å². The average Bonchev–Trinajstić information content (AvgIpc) is 3.13. The molecule has 0 aliphatic rings. The summed E-state index contributed by atoms with van der Waals surface area (Å²) in [6.45, 7) is 10.9. The molecule has 0 spiro atoms. The summed E-state index contributed by atoms with van der Waals surface area (Å²) in [6.07, 6.45) is -0.883. The number of ether oxygens (including phenoxy) is 1. The van der Waals surface area contributed by atoms with Gasteiger partial charge >= 0.3 is 5.97 Å². The SMILES string of the molecule is CCOC(=O)c1ccc2c(c1)nc(C(C)O)n2CC(=O)Nc1ccc(N(CC)C(C)C)cc1. The molecule has 1 atom stereocenters. The number of anilines is 2. The van der Waals surface area contributed by atoms with Crippen molar-refractivity contribution < 1.29 is 19.4 Å². The van der Waals surface area contributed by atoms with E-state index in [1.165, 1.54) is 0 Å². The van der Waals surface area contributed by atoms with Gasteiger partial charge in [0.2, 0.25) is 5.91 Å². The van der Waals surface area contributed by atoms with E-state index in [4.69, 9.17) is 4.74 Å². The summed E-state index contributed by atoms with van der Waals surface area (Å²) in [5, 5.41) is 13.1. The van der Waals surface area contributed by atoms with Crippen LogP contribution in [0.3, 0.4) is 0 Å². The summed E-state index contributed by atoms with van der Waals surface area (Å²) in [7, 11) is 0. The van der Waals surface area contributed by atoms with Gasteiger partial charge in [-0.25, -0.2) is 9.78 Å². The first-order valence-electron chi connectivity index (χ1n) is 11.3. The first-order valence-corrected chi connectivity index (χ1v) is 11.3. The molecule has 33 heavy (non-hydrogen) atoms. The van der Waals surface area contributed by atoms with Gasteiger partial charge in [0, 0.05) is 24.0 Å². The summed E-state index contributed by atoms with van der Waals surface area (Å²) in [4.78, 5) is 31.6. The molecular weight excluding hydrogens is 420 g/mol. The van der Waals surface area contributed by atoms with Crippen molar-refractivity contribution in [1.29, 1.82) is 0 Å². The van der Waals surface area contributed by atoms with Gasteiger partial charge in [-0.2, -0.15) is 0 Å². The van der Waals surface area contributed by atoms with Crippen molar-refractivity contribution >= 4 is 34.3 Å². The molecule has 0 radical (unpaired) electrons. The molecule has 0 fully saturated rings. The Morgan fingerprint density at radius 3 is 2.39 bits per heavy atom. The molecule has 3 rings (SSSR count). The molecule has 3 aromatic rings. The number of benzene rings is 2. The smallest absolute Gasteiger partial charge is 0.338 e. The van der Waals surface area contributed by atoms with Crippen LogP contribution in [-0.2, 0) is 16.1 Å². The van der Waals surface area contributed by atoms with Gasteiger partial charge < -0.3 is 24.6 Å². The second-order valence-corrected chi connectivity index (χ2v) is 8.13. The number of aliphatic hydroxyl groups is 1. The van der Waals surface area contributed by atoms with Crippen molar-refractivity contribution in [3.63, 3.8) is 0 Å². The molecule has 1 heterocycles. The summed E-state index contributed by atoms with van der Waals surface area (Å²) >= 11 is 0. The zero-order chi connectivity index (χ0) is 24.1. The third kappa shape index (κ3) is 5.51. The molecule has 0 aliphatic heterocycles. The van der Waals surface area contributed by atoms with E-state index in [2.05, 4.69) is 36.0 Å². The Labute approximate surface area is 194 Å². The minimum atomic E-state index is -0.883. The van der Waals surface area contributed by atoms with Crippen LogP contribution in [0.5, 0.6) is 0 Å². The van der Waals surface area contributed by atoms with Gasteiger partial charge in [0.25, 0.3) is 0 Å². The Hall–Kier alpha value is -3.39. The number of carbonyl (C=O) groups excluding carboxylic acids is 2. The number of hydrogen-bond donors (Lipinski definition) is 2. The average molecular weight is 453 g/mol. The van der Waals surface area contributed by atoms with Crippen molar-refractivity contribution in [1.82, 2.24) is 9.55 Å². The lowest BCUT2D eigenvalue weighted by Gasteiger charge is -2.27. The fraction of sp³-hybridized carbons (Fsp3) is 0.400. The lowest BCUT2D eigenvalue weighted by molar-refractivity contribution is -0.116. The maximum Gasteiger partial charge on any atom is 0.338 e. The van der Waals surface area contributed by atoms with Crippen LogP contribution in [0.25, 0.3) is 11.0 Å². The number of nitrogens with zero attached hydrogens (tertiary/aromatic N) is 3. The van der Waals surface area contributed by atoms with Gasteiger partial charge in [-0.05, 0) is 77.1 Å².